The van der Waals surface area contributed by atoms with Crippen LogP contribution >= 0.6 is 0 Å². The Labute approximate surface area is 164 Å². The van der Waals surface area contributed by atoms with Gasteiger partial charge < -0.3 is 0 Å². The number of hydrogen-bond donors (Lipinski definition) is 0. The summed E-state index contributed by atoms with van der Waals surface area (Å²) in [6, 6.07) is 0. The van der Waals surface area contributed by atoms with Crippen LogP contribution in [0, 0.1) is 34.5 Å². The Bertz CT molecular complexity index is 490. The van der Waals surface area contributed by atoms with Crippen molar-refractivity contribution in [1.82, 2.24) is 0 Å². The molecule has 9 unspecified atom stereocenters. The van der Waals surface area contributed by atoms with Gasteiger partial charge in [-0.15, -0.1) is 0 Å². The Morgan fingerprint density at radius 1 is 0.826 bits per heavy atom. The van der Waals surface area contributed by atoms with E-state index in [1.807, 2.05) is 0 Å². The fourth-order valence-corrected chi connectivity index (χ4v) is 16.8. The summed E-state index contributed by atoms with van der Waals surface area (Å²) < 4.78 is 3.65. The normalized spacial score (nSPS) is 60.7. The van der Waals surface area contributed by atoms with E-state index < -0.39 is 0 Å². The molecule has 134 valence electrons. The molecule has 5 fully saturated rings. The van der Waals surface area contributed by atoms with Crippen molar-refractivity contribution in [2.75, 3.05) is 4.93 Å². The van der Waals surface area contributed by atoms with E-state index in [4.69, 9.17) is 0 Å². The van der Waals surface area contributed by atoms with Crippen molar-refractivity contribution in [2.45, 2.75) is 83.4 Å². The molecule has 23 heavy (non-hydrogen) atoms. The van der Waals surface area contributed by atoms with Crippen molar-refractivity contribution >= 4 is 0 Å². The molecule has 0 aliphatic heterocycles. The third-order valence-electron chi connectivity index (χ3n) is 8.61. The maximum atomic E-state index is 2.58. The first kappa shape index (κ1) is 16.6. The van der Waals surface area contributed by atoms with Crippen LogP contribution in [0.4, 0.5) is 0 Å². The molecule has 0 nitrogen and oxygen atoms in total. The van der Waals surface area contributed by atoms with Crippen LogP contribution in [0.1, 0.15) is 71.6 Å². The molecule has 0 amide bonds. The van der Waals surface area contributed by atoms with Crippen LogP contribution in [0.2, 0.25) is 0 Å². The topological polar surface area (TPSA) is 0 Å². The van der Waals surface area contributed by atoms with Gasteiger partial charge in [0.05, 0.1) is 0 Å². The second-order valence-corrected chi connectivity index (χ2v) is 16.9. The zero-order valence-corrected chi connectivity index (χ0v) is 19.5. The Morgan fingerprint density at radius 3 is 2.22 bits per heavy atom. The van der Waals surface area contributed by atoms with Gasteiger partial charge in [0.15, 0.2) is 0 Å². The third-order valence-corrected chi connectivity index (χ3v) is 15.9. The van der Waals surface area contributed by atoms with E-state index in [1.165, 1.54) is 32.5 Å². The van der Waals surface area contributed by atoms with Gasteiger partial charge in [-0.05, 0) is 0 Å². The summed E-state index contributed by atoms with van der Waals surface area (Å²) in [7, 11) is 0. The first-order valence-corrected chi connectivity index (χ1v) is 16.1. The molecule has 0 saturated heterocycles. The van der Waals surface area contributed by atoms with Crippen molar-refractivity contribution in [1.29, 1.82) is 0 Å². The van der Waals surface area contributed by atoms with E-state index in [-0.39, 0.29) is 0 Å². The van der Waals surface area contributed by atoms with Crippen LogP contribution in [0.15, 0.2) is 0 Å². The minimum atomic E-state index is 0.464. The van der Waals surface area contributed by atoms with Crippen LogP contribution in [-0.2, 0) is 0 Å². The van der Waals surface area contributed by atoms with E-state index in [9.17, 15) is 0 Å². The molecule has 0 aromatic heterocycles. The van der Waals surface area contributed by atoms with Crippen molar-refractivity contribution in [3.8, 4) is 0 Å². The third kappa shape index (κ3) is 2.45. The standard InChI is InChI=1S/C21H34I2/c1-13-4-5-14(2)7-18(10-17(6-13)22-3)23-19-9-15-8-16-11-20(16)12-21(15,19)20/h13-19H,4-12H2,1-3H3/q-2. The Morgan fingerprint density at radius 2 is 1.57 bits per heavy atom. The second-order valence-electron chi connectivity index (χ2n) is 9.94. The quantitative estimate of drug-likeness (QED) is 0.317. The van der Waals surface area contributed by atoms with E-state index in [0.717, 1.165) is 26.6 Å². The molecule has 0 radical (unpaired) electrons. The summed E-state index contributed by atoms with van der Waals surface area (Å²) in [6.45, 7) is 5.13. The summed E-state index contributed by atoms with van der Waals surface area (Å²) in [5.74, 6) is 4.50. The molecular weight excluding hydrogens is 506 g/mol. The van der Waals surface area contributed by atoms with Crippen molar-refractivity contribution < 1.29 is 42.4 Å². The summed E-state index contributed by atoms with van der Waals surface area (Å²) in [6.07, 6.45) is 14.7. The molecule has 5 saturated carbocycles. The fraction of sp³-hybridized carbons (Fsp3) is 1.00. The van der Waals surface area contributed by atoms with Crippen molar-refractivity contribution in [3.63, 3.8) is 0 Å². The van der Waals surface area contributed by atoms with Crippen LogP contribution in [0.25, 0.3) is 0 Å². The number of rotatable bonds is 3. The molecule has 0 N–H and O–H groups in total. The molecule has 0 aromatic carbocycles. The van der Waals surface area contributed by atoms with E-state index in [2.05, 4.69) is 18.8 Å². The molecular formula is C21H34I2-2. The molecule has 0 aromatic rings. The van der Waals surface area contributed by atoms with Gasteiger partial charge in [-0.25, -0.2) is 0 Å². The van der Waals surface area contributed by atoms with Gasteiger partial charge >= 0.3 is 165 Å². The van der Waals surface area contributed by atoms with E-state index in [0.29, 0.717) is 42.4 Å². The Kier molecular flexibility index (Phi) is 4.14. The molecule has 2 spiro atoms. The number of hydrogen-bond acceptors (Lipinski definition) is 0. The van der Waals surface area contributed by atoms with E-state index >= 15 is 0 Å². The van der Waals surface area contributed by atoms with Crippen LogP contribution in [-0.4, -0.2) is 16.7 Å². The fourth-order valence-electron chi connectivity index (χ4n) is 7.15. The molecule has 0 bridgehead atoms. The first-order valence-electron chi connectivity index (χ1n) is 10.2. The monoisotopic (exact) mass is 540 g/mol. The number of alkyl halides is 4. The summed E-state index contributed by atoms with van der Waals surface area (Å²) in [4.78, 5) is 2.58. The van der Waals surface area contributed by atoms with E-state index in [1.54, 1.807) is 44.9 Å². The van der Waals surface area contributed by atoms with Crippen LogP contribution in [0.5, 0.6) is 0 Å². The molecule has 5 aliphatic rings. The predicted octanol–water partition coefficient (Wildman–Crippen LogP) is -1.04. The Balaban J connectivity index is 1.27. The second kappa shape index (κ2) is 5.73. The molecule has 5 aliphatic carbocycles. The average molecular weight is 540 g/mol. The van der Waals surface area contributed by atoms with Crippen molar-refractivity contribution in [3.05, 3.63) is 0 Å². The minimum absolute atomic E-state index is 0.464. The zero-order chi connectivity index (χ0) is 15.8. The van der Waals surface area contributed by atoms with Gasteiger partial charge in [-0.2, -0.15) is 0 Å². The number of halogens is 2. The van der Waals surface area contributed by atoms with Gasteiger partial charge in [0.2, 0.25) is 0 Å². The molecule has 0 heterocycles. The summed E-state index contributed by atoms with van der Waals surface area (Å²) in [5, 5.41) is 0. The Hall–Kier alpha value is 1.46. The van der Waals surface area contributed by atoms with Crippen LogP contribution in [0.3, 0.4) is 0 Å². The SMILES string of the molecule is C[I-]C1CC(C)CCC(C)CC([I-]C2CC3CC4CC45CC325)C1. The molecule has 9 atom stereocenters. The van der Waals surface area contributed by atoms with Crippen LogP contribution < -0.4 is 42.4 Å². The first-order chi connectivity index (χ1) is 11.1. The zero-order valence-electron chi connectivity index (χ0n) is 15.2. The van der Waals surface area contributed by atoms with Gasteiger partial charge in [0, 0.05) is 0 Å². The molecule has 2 heteroatoms. The molecule has 5 rings (SSSR count). The summed E-state index contributed by atoms with van der Waals surface area (Å²) >= 11 is 0.945. The van der Waals surface area contributed by atoms with Crippen molar-refractivity contribution in [2.24, 2.45) is 34.5 Å². The van der Waals surface area contributed by atoms with Gasteiger partial charge in [-0.1, -0.05) is 0 Å². The van der Waals surface area contributed by atoms with Gasteiger partial charge in [-0.3, -0.25) is 0 Å². The van der Waals surface area contributed by atoms with Gasteiger partial charge in [0.1, 0.15) is 0 Å². The predicted molar refractivity (Wildman–Crippen MR) is 89.0 cm³/mol. The maximum absolute atomic E-state index is 2.58. The van der Waals surface area contributed by atoms with Gasteiger partial charge in [0.25, 0.3) is 0 Å². The average Bonchev–Trinajstić information content (AvgIpc) is 3.38. The summed E-state index contributed by atoms with van der Waals surface area (Å²) in [5.41, 5.74) is 1.99.